The Bertz CT molecular complexity index is 405. The molecule has 0 aliphatic rings. The fourth-order valence-corrected chi connectivity index (χ4v) is 1.53. The molecule has 0 fully saturated rings. The first-order valence-corrected chi connectivity index (χ1v) is 5.91. The summed E-state index contributed by atoms with van der Waals surface area (Å²) in [6.07, 6.45) is 3.28. The highest BCUT2D eigenvalue weighted by Gasteiger charge is 2.18. The average Bonchev–Trinajstić information content (AvgIpc) is 2.73. The molecule has 6 nitrogen and oxygen atoms in total. The number of aryl methyl sites for hydroxylation is 1. The van der Waals surface area contributed by atoms with Crippen molar-refractivity contribution < 1.29 is 9.59 Å². The Hall–Kier alpha value is -1.50. The summed E-state index contributed by atoms with van der Waals surface area (Å²) in [6, 6.07) is -0.638. The van der Waals surface area contributed by atoms with E-state index in [0.717, 1.165) is 6.54 Å². The minimum atomic E-state index is -0.638. The molecule has 1 aromatic rings. The third-order valence-electron chi connectivity index (χ3n) is 2.10. The highest BCUT2D eigenvalue weighted by atomic mass is 32.1. The Labute approximate surface area is 105 Å². The van der Waals surface area contributed by atoms with Crippen molar-refractivity contribution in [1.82, 2.24) is 15.1 Å². The van der Waals surface area contributed by atoms with Gasteiger partial charge in [-0.3, -0.25) is 14.3 Å². The van der Waals surface area contributed by atoms with Crippen molar-refractivity contribution in [3.8, 4) is 0 Å². The number of anilines is 1. The molecule has 0 aliphatic carbocycles. The molecule has 1 unspecified atom stereocenters. The molecular formula is C10H16N4O2S. The lowest BCUT2D eigenvalue weighted by molar-refractivity contribution is -0.124. The molecule has 0 aromatic carbocycles. The molecule has 0 saturated heterocycles. The normalized spacial score (nSPS) is 11.9. The van der Waals surface area contributed by atoms with Gasteiger partial charge in [-0.1, -0.05) is 0 Å². The first kappa shape index (κ1) is 13.6. The van der Waals surface area contributed by atoms with E-state index >= 15 is 0 Å². The average molecular weight is 256 g/mol. The smallest absolute Gasteiger partial charge is 0.247 e. The SMILES string of the molecule is CCn1cc(NC(=O)C(CS)NC(C)=O)cn1. The van der Waals surface area contributed by atoms with Crippen LogP contribution in [-0.2, 0) is 16.1 Å². The maximum absolute atomic E-state index is 11.8. The Kier molecular flexibility index (Phi) is 5.02. The number of carbonyl (C=O) groups excluding carboxylic acids is 2. The molecule has 0 saturated carbocycles. The van der Waals surface area contributed by atoms with Gasteiger partial charge >= 0.3 is 0 Å². The monoisotopic (exact) mass is 256 g/mol. The summed E-state index contributed by atoms with van der Waals surface area (Å²) in [6.45, 7) is 4.04. The summed E-state index contributed by atoms with van der Waals surface area (Å²) >= 11 is 4.02. The number of thiol groups is 1. The lowest BCUT2D eigenvalue weighted by Crippen LogP contribution is -2.44. The second kappa shape index (κ2) is 6.29. The summed E-state index contributed by atoms with van der Waals surface area (Å²) in [7, 11) is 0. The van der Waals surface area contributed by atoms with Gasteiger partial charge in [0, 0.05) is 25.4 Å². The Balaban J connectivity index is 2.60. The third kappa shape index (κ3) is 4.10. The molecule has 1 rings (SSSR count). The van der Waals surface area contributed by atoms with Crippen molar-refractivity contribution >= 4 is 30.1 Å². The molecule has 2 N–H and O–H groups in total. The second-order valence-electron chi connectivity index (χ2n) is 3.51. The van der Waals surface area contributed by atoms with Crippen LogP contribution in [0.25, 0.3) is 0 Å². The van der Waals surface area contributed by atoms with Crippen molar-refractivity contribution in [2.24, 2.45) is 0 Å². The summed E-state index contributed by atoms with van der Waals surface area (Å²) in [5, 5.41) is 9.21. The lowest BCUT2D eigenvalue weighted by atomic mass is 10.3. The van der Waals surface area contributed by atoms with Crippen LogP contribution in [0, 0.1) is 0 Å². The molecular weight excluding hydrogens is 240 g/mol. The second-order valence-corrected chi connectivity index (χ2v) is 3.87. The summed E-state index contributed by atoms with van der Waals surface area (Å²) in [5.41, 5.74) is 0.606. The van der Waals surface area contributed by atoms with Gasteiger partial charge < -0.3 is 10.6 Å². The van der Waals surface area contributed by atoms with Crippen LogP contribution in [0.5, 0.6) is 0 Å². The van der Waals surface area contributed by atoms with Crippen LogP contribution in [0.4, 0.5) is 5.69 Å². The van der Waals surface area contributed by atoms with E-state index in [4.69, 9.17) is 0 Å². The number of hydrogen-bond acceptors (Lipinski definition) is 4. The van der Waals surface area contributed by atoms with Gasteiger partial charge in [0.05, 0.1) is 11.9 Å². The van der Waals surface area contributed by atoms with Crippen LogP contribution in [0.2, 0.25) is 0 Å². The van der Waals surface area contributed by atoms with Crippen LogP contribution in [0.1, 0.15) is 13.8 Å². The first-order valence-electron chi connectivity index (χ1n) is 5.28. The van der Waals surface area contributed by atoms with Gasteiger partial charge in [0.2, 0.25) is 11.8 Å². The summed E-state index contributed by atoms with van der Waals surface area (Å²) < 4.78 is 1.70. The summed E-state index contributed by atoms with van der Waals surface area (Å²) in [4.78, 5) is 22.6. The minimum Gasteiger partial charge on any atom is -0.344 e. The van der Waals surface area contributed by atoms with E-state index in [1.807, 2.05) is 6.92 Å². The van der Waals surface area contributed by atoms with Gasteiger partial charge in [0.1, 0.15) is 6.04 Å². The van der Waals surface area contributed by atoms with Gasteiger partial charge in [-0.2, -0.15) is 17.7 Å². The maximum atomic E-state index is 11.8. The zero-order valence-electron chi connectivity index (χ0n) is 9.80. The van der Waals surface area contributed by atoms with Crippen LogP contribution >= 0.6 is 12.6 Å². The predicted octanol–water partition coefficient (Wildman–Crippen LogP) is 0.276. The Morgan fingerprint density at radius 1 is 1.59 bits per heavy atom. The van der Waals surface area contributed by atoms with Crippen molar-refractivity contribution in [1.29, 1.82) is 0 Å². The van der Waals surface area contributed by atoms with Crippen molar-refractivity contribution in [2.75, 3.05) is 11.1 Å². The quantitative estimate of drug-likeness (QED) is 0.662. The van der Waals surface area contributed by atoms with E-state index < -0.39 is 6.04 Å². The van der Waals surface area contributed by atoms with Gasteiger partial charge in [-0.05, 0) is 6.92 Å². The summed E-state index contributed by atoms with van der Waals surface area (Å²) in [5.74, 6) is -0.317. The largest absolute Gasteiger partial charge is 0.344 e. The van der Waals surface area contributed by atoms with E-state index in [0.29, 0.717) is 5.69 Å². The fourth-order valence-electron chi connectivity index (χ4n) is 1.27. The van der Waals surface area contributed by atoms with Crippen molar-refractivity contribution in [2.45, 2.75) is 26.4 Å². The molecule has 2 amide bonds. The van der Waals surface area contributed by atoms with Gasteiger partial charge in [0.25, 0.3) is 0 Å². The van der Waals surface area contributed by atoms with E-state index in [1.165, 1.54) is 6.92 Å². The van der Waals surface area contributed by atoms with Crippen molar-refractivity contribution in [3.63, 3.8) is 0 Å². The van der Waals surface area contributed by atoms with Crippen molar-refractivity contribution in [3.05, 3.63) is 12.4 Å². The highest BCUT2D eigenvalue weighted by molar-refractivity contribution is 7.80. The van der Waals surface area contributed by atoms with E-state index in [2.05, 4.69) is 28.4 Å². The number of rotatable bonds is 5. The van der Waals surface area contributed by atoms with Gasteiger partial charge in [-0.25, -0.2) is 0 Å². The van der Waals surface area contributed by atoms with Crippen LogP contribution in [0.3, 0.4) is 0 Å². The number of aromatic nitrogens is 2. The fraction of sp³-hybridized carbons (Fsp3) is 0.500. The lowest BCUT2D eigenvalue weighted by Gasteiger charge is -2.14. The Morgan fingerprint density at radius 3 is 2.76 bits per heavy atom. The molecule has 7 heteroatoms. The zero-order valence-corrected chi connectivity index (χ0v) is 10.7. The molecule has 0 aliphatic heterocycles. The van der Waals surface area contributed by atoms with E-state index in [1.54, 1.807) is 17.1 Å². The molecule has 17 heavy (non-hydrogen) atoms. The van der Waals surface area contributed by atoms with Gasteiger partial charge in [0.15, 0.2) is 0 Å². The first-order chi connectivity index (χ1) is 8.06. The Morgan fingerprint density at radius 2 is 2.29 bits per heavy atom. The number of nitrogens with zero attached hydrogens (tertiary/aromatic N) is 2. The number of amides is 2. The number of hydrogen-bond donors (Lipinski definition) is 3. The molecule has 0 spiro atoms. The van der Waals surface area contributed by atoms with Crippen LogP contribution in [-0.4, -0.2) is 33.4 Å². The van der Waals surface area contributed by atoms with E-state index in [-0.39, 0.29) is 17.6 Å². The van der Waals surface area contributed by atoms with Gasteiger partial charge in [-0.15, -0.1) is 0 Å². The standard InChI is InChI=1S/C10H16N4O2S/c1-3-14-5-8(4-11-14)13-10(16)9(6-17)12-7(2)15/h4-5,9,17H,3,6H2,1-2H3,(H,12,15)(H,13,16). The predicted molar refractivity (Wildman–Crippen MR) is 68.0 cm³/mol. The highest BCUT2D eigenvalue weighted by Crippen LogP contribution is 2.05. The molecule has 1 heterocycles. The minimum absolute atomic E-state index is 0.243. The molecule has 0 bridgehead atoms. The zero-order chi connectivity index (χ0) is 12.8. The van der Waals surface area contributed by atoms with Crippen LogP contribution < -0.4 is 10.6 Å². The molecule has 1 aromatic heterocycles. The number of carbonyl (C=O) groups is 2. The van der Waals surface area contributed by atoms with E-state index in [9.17, 15) is 9.59 Å². The third-order valence-corrected chi connectivity index (χ3v) is 2.47. The molecule has 1 atom stereocenters. The molecule has 0 radical (unpaired) electrons. The molecule has 94 valence electrons. The topological polar surface area (TPSA) is 76.0 Å². The number of nitrogens with one attached hydrogen (secondary N) is 2. The maximum Gasteiger partial charge on any atom is 0.247 e. The van der Waals surface area contributed by atoms with Crippen LogP contribution in [0.15, 0.2) is 12.4 Å².